The first-order chi connectivity index (χ1) is 22.5. The Morgan fingerprint density at radius 1 is 1.02 bits per heavy atom. The van der Waals surface area contributed by atoms with Gasteiger partial charge in [-0.15, -0.1) is 11.3 Å². The number of piperidine rings is 1. The van der Waals surface area contributed by atoms with Crippen molar-refractivity contribution >= 4 is 50.9 Å². The van der Waals surface area contributed by atoms with E-state index in [1.807, 2.05) is 55.4 Å². The molecule has 5 rings (SSSR count). The minimum atomic E-state index is -3.69. The summed E-state index contributed by atoms with van der Waals surface area (Å²) in [6, 6.07) is -2.61. The van der Waals surface area contributed by atoms with E-state index in [0.717, 1.165) is 24.1 Å². The third-order valence-electron chi connectivity index (χ3n) is 11.2. The Hall–Kier alpha value is -3.04. The lowest BCUT2D eigenvalue weighted by molar-refractivity contribution is -0.145. The van der Waals surface area contributed by atoms with Crippen LogP contribution < -0.4 is 21.7 Å². The van der Waals surface area contributed by atoms with Crippen LogP contribution in [0.25, 0.3) is 0 Å². The molecule has 3 fully saturated rings. The van der Waals surface area contributed by atoms with Gasteiger partial charge in [0.2, 0.25) is 27.6 Å². The Balaban J connectivity index is 1.32. The van der Waals surface area contributed by atoms with Crippen molar-refractivity contribution in [2.75, 3.05) is 13.1 Å². The second-order valence-corrected chi connectivity index (χ2v) is 20.0. The van der Waals surface area contributed by atoms with Gasteiger partial charge in [0.15, 0.2) is 0 Å². The molecule has 49 heavy (non-hydrogen) atoms. The molecule has 3 heterocycles. The van der Waals surface area contributed by atoms with Crippen LogP contribution in [0.5, 0.6) is 0 Å². The first-order valence-electron chi connectivity index (χ1n) is 17.1. The van der Waals surface area contributed by atoms with Crippen LogP contribution in [-0.2, 0) is 35.7 Å². The number of primary amides is 1. The number of likely N-dealkylation sites (tertiary alicyclic amines) is 1. The summed E-state index contributed by atoms with van der Waals surface area (Å²) < 4.78 is 27.8. The van der Waals surface area contributed by atoms with Gasteiger partial charge in [0, 0.05) is 30.6 Å². The Labute approximate surface area is 293 Å². The normalized spacial score (nSPS) is 26.0. The number of Topliss-reactive ketones (excluding diaryl/α,β-unsaturated/α-hetero) is 1. The topological polar surface area (TPSA) is 188 Å². The highest BCUT2D eigenvalue weighted by Gasteiger charge is 2.70. The van der Waals surface area contributed by atoms with Gasteiger partial charge in [0.1, 0.15) is 12.1 Å². The number of sulfonamides is 1. The van der Waals surface area contributed by atoms with Crippen LogP contribution in [0.15, 0.2) is 16.3 Å². The fraction of sp³-hybridized carbons (Fsp3) is 0.735. The first-order valence-corrected chi connectivity index (χ1v) is 19.4. The molecule has 2 aliphatic heterocycles. The van der Waals surface area contributed by atoms with E-state index < -0.39 is 74.6 Å². The molecule has 15 heteroatoms. The van der Waals surface area contributed by atoms with E-state index in [1.54, 1.807) is 11.4 Å². The lowest BCUT2D eigenvalue weighted by atomic mass is 9.80. The van der Waals surface area contributed by atoms with Crippen LogP contribution in [0, 0.1) is 34.0 Å². The zero-order chi connectivity index (χ0) is 36.4. The zero-order valence-corrected chi connectivity index (χ0v) is 31.4. The number of nitrogens with two attached hydrogens (primary N) is 1. The molecule has 2 aliphatic carbocycles. The molecule has 4 aliphatic rings. The number of nitrogens with one attached hydrogen (secondary N) is 3. The highest BCUT2D eigenvalue weighted by atomic mass is 32.2. The number of nitrogens with zero attached hydrogens (tertiary/aromatic N) is 2. The minimum Gasteiger partial charge on any atom is -0.363 e. The number of urea groups is 1. The first kappa shape index (κ1) is 37.2. The van der Waals surface area contributed by atoms with Gasteiger partial charge in [-0.1, -0.05) is 74.7 Å². The van der Waals surface area contributed by atoms with Crippen molar-refractivity contribution in [2.24, 2.45) is 39.7 Å². The Kier molecular flexibility index (Phi) is 9.82. The maximum Gasteiger partial charge on any atom is 0.315 e. The van der Waals surface area contributed by atoms with Crippen LogP contribution in [0.1, 0.15) is 86.0 Å². The summed E-state index contributed by atoms with van der Waals surface area (Å²) in [5.41, 5.74) is 3.83. The summed E-state index contributed by atoms with van der Waals surface area (Å²) in [5.74, 6) is -2.78. The van der Waals surface area contributed by atoms with Crippen LogP contribution in [0.2, 0.25) is 0 Å². The molecular weight excluding hydrogens is 669 g/mol. The molecule has 0 radical (unpaired) electrons. The molecule has 5 amide bonds. The summed E-state index contributed by atoms with van der Waals surface area (Å²) in [7, 11) is -3.69. The van der Waals surface area contributed by atoms with Crippen molar-refractivity contribution in [2.45, 2.75) is 117 Å². The number of amides is 5. The molecule has 1 aromatic heterocycles. The van der Waals surface area contributed by atoms with Gasteiger partial charge in [-0.05, 0) is 51.9 Å². The molecule has 0 bridgehead atoms. The third kappa shape index (κ3) is 7.25. The molecule has 2 saturated carbocycles. The quantitative estimate of drug-likeness (QED) is 0.253. The van der Waals surface area contributed by atoms with Crippen LogP contribution >= 0.6 is 11.3 Å². The van der Waals surface area contributed by atoms with Gasteiger partial charge in [-0.25, -0.2) is 13.2 Å². The van der Waals surface area contributed by atoms with Gasteiger partial charge in [-0.2, -0.15) is 4.31 Å². The SMILES string of the molecule is CC(C)(C)[C@H](NC(=O)N[C@H](CN1Cc2sccc2S1(=O)=O)C(C)(C)C)C(=O)N1C[C@H]2[C@@H](C1C(=O)NC(CC1CCC1)C(=O)C(N)=O)C2(C)C. The molecule has 13 nitrogen and oxygen atoms in total. The minimum absolute atomic E-state index is 0.0493. The Morgan fingerprint density at radius 3 is 2.20 bits per heavy atom. The monoisotopic (exact) mass is 720 g/mol. The second-order valence-electron chi connectivity index (χ2n) is 17.1. The number of fused-ring (bicyclic) bond motifs is 2. The predicted molar refractivity (Wildman–Crippen MR) is 184 cm³/mol. The highest BCUT2D eigenvalue weighted by Crippen LogP contribution is 2.65. The van der Waals surface area contributed by atoms with Gasteiger partial charge in [-0.3, -0.25) is 19.2 Å². The van der Waals surface area contributed by atoms with E-state index in [-0.39, 0.29) is 36.3 Å². The van der Waals surface area contributed by atoms with E-state index in [9.17, 15) is 32.4 Å². The summed E-state index contributed by atoms with van der Waals surface area (Å²) in [5, 5.41) is 10.4. The average Bonchev–Trinajstić information content (AvgIpc) is 3.41. The third-order valence-corrected chi connectivity index (χ3v) is 14.1. The number of hydrogen-bond acceptors (Lipinski definition) is 8. The van der Waals surface area contributed by atoms with E-state index >= 15 is 0 Å². The number of rotatable bonds is 11. The molecular formula is C34H52N6O7S2. The lowest BCUT2D eigenvalue weighted by Gasteiger charge is -2.39. The van der Waals surface area contributed by atoms with Gasteiger partial charge >= 0.3 is 6.03 Å². The molecule has 1 saturated heterocycles. The van der Waals surface area contributed by atoms with E-state index in [1.165, 1.54) is 20.5 Å². The predicted octanol–water partition coefficient (Wildman–Crippen LogP) is 2.59. The van der Waals surface area contributed by atoms with Crippen molar-refractivity contribution < 1.29 is 32.4 Å². The molecule has 0 spiro atoms. The zero-order valence-electron chi connectivity index (χ0n) is 29.8. The van der Waals surface area contributed by atoms with Crippen molar-refractivity contribution in [3.63, 3.8) is 0 Å². The van der Waals surface area contributed by atoms with E-state index in [0.29, 0.717) is 17.9 Å². The maximum atomic E-state index is 14.4. The fourth-order valence-corrected chi connectivity index (χ4v) is 10.6. The molecule has 272 valence electrons. The van der Waals surface area contributed by atoms with E-state index in [2.05, 4.69) is 16.0 Å². The van der Waals surface area contributed by atoms with Gasteiger partial charge in [0.25, 0.3) is 5.91 Å². The number of carbonyl (C=O) groups is 5. The largest absolute Gasteiger partial charge is 0.363 e. The Morgan fingerprint density at radius 2 is 1.67 bits per heavy atom. The van der Waals surface area contributed by atoms with E-state index in [4.69, 9.17) is 5.73 Å². The smallest absolute Gasteiger partial charge is 0.315 e. The average molecular weight is 721 g/mol. The summed E-state index contributed by atoms with van der Waals surface area (Å²) in [6.45, 7) is 15.9. The van der Waals surface area contributed by atoms with Crippen LogP contribution in [0.3, 0.4) is 0 Å². The number of carbonyl (C=O) groups excluding carboxylic acids is 5. The molecule has 5 N–H and O–H groups in total. The Bertz CT molecular complexity index is 1620. The van der Waals surface area contributed by atoms with Crippen LogP contribution in [-0.4, -0.2) is 84.4 Å². The molecule has 1 aromatic rings. The summed E-state index contributed by atoms with van der Waals surface area (Å²) in [4.78, 5) is 69.2. The lowest BCUT2D eigenvalue weighted by Crippen LogP contribution is -2.62. The number of ketones is 1. The standard InChI is InChI=1S/C34H52N6O7S2/c1-32(2,3)23(17-39-16-21-22(12-13-48-21)49(39,46)47)37-31(45)38-27(33(4,5)6)30(44)40-15-19-24(34(19,7)8)25(40)29(43)36-20(26(41)28(35)42)14-18-10-9-11-18/h12-13,18-20,23-25,27H,9-11,14-17H2,1-8H3,(H2,35,42)(H,36,43)(H2,37,38,45)/t19-,20?,23+,24-,25?,27+/m0/s1. The fourth-order valence-electron chi connectivity index (χ4n) is 7.64. The van der Waals surface area contributed by atoms with Crippen molar-refractivity contribution in [3.8, 4) is 0 Å². The number of thiophene rings is 1. The molecule has 6 atom stereocenters. The van der Waals surface area contributed by atoms with Gasteiger partial charge < -0.3 is 26.6 Å². The summed E-state index contributed by atoms with van der Waals surface area (Å²) >= 11 is 1.38. The van der Waals surface area contributed by atoms with Crippen molar-refractivity contribution in [3.05, 3.63) is 16.3 Å². The second kappa shape index (κ2) is 12.9. The van der Waals surface area contributed by atoms with Crippen molar-refractivity contribution in [1.29, 1.82) is 0 Å². The molecule has 0 aromatic carbocycles. The summed E-state index contributed by atoms with van der Waals surface area (Å²) in [6.07, 6.45) is 3.16. The highest BCUT2D eigenvalue weighted by molar-refractivity contribution is 7.89. The van der Waals surface area contributed by atoms with Crippen LogP contribution in [0.4, 0.5) is 4.79 Å². The number of hydrogen-bond donors (Lipinski definition) is 4. The maximum absolute atomic E-state index is 14.4. The van der Waals surface area contributed by atoms with Gasteiger partial charge in [0.05, 0.1) is 10.9 Å². The van der Waals surface area contributed by atoms with Crippen molar-refractivity contribution in [1.82, 2.24) is 25.2 Å². The molecule has 2 unspecified atom stereocenters.